The number of methoxy groups -OCH3 is 1. The molecule has 2 rings (SSSR count). The van der Waals surface area contributed by atoms with Crippen LogP contribution < -0.4 is 4.74 Å². The number of carbonyl (C=O) groups is 1. The molecule has 6 nitrogen and oxygen atoms in total. The van der Waals surface area contributed by atoms with Gasteiger partial charge in [-0.2, -0.15) is 4.31 Å². The largest absolute Gasteiger partial charge is 0.496 e. The van der Waals surface area contributed by atoms with Crippen LogP contribution in [0.5, 0.6) is 5.75 Å². The van der Waals surface area contributed by atoms with Crippen LogP contribution in [0.25, 0.3) is 0 Å². The maximum absolute atomic E-state index is 13.3. The number of rotatable bonds is 5. The molecule has 128 valence electrons. The first-order valence-electron chi connectivity index (χ1n) is 7.45. The van der Waals surface area contributed by atoms with Crippen LogP contribution in [0.3, 0.4) is 0 Å². The average Bonchev–Trinajstić information content (AvgIpc) is 2.55. The molecule has 0 atom stereocenters. The van der Waals surface area contributed by atoms with E-state index in [0.29, 0.717) is 37.5 Å². The fourth-order valence-electron chi connectivity index (χ4n) is 2.56. The Morgan fingerprint density at radius 2 is 1.91 bits per heavy atom. The molecule has 1 saturated heterocycles. The van der Waals surface area contributed by atoms with E-state index in [1.807, 2.05) is 0 Å². The summed E-state index contributed by atoms with van der Waals surface area (Å²) in [7, 11) is -1.75. The third kappa shape index (κ3) is 4.20. The minimum absolute atomic E-state index is 0.0292. The van der Waals surface area contributed by atoms with E-state index in [0.717, 1.165) is 0 Å². The van der Waals surface area contributed by atoms with Crippen LogP contribution in [0.2, 0.25) is 0 Å². The highest BCUT2D eigenvalue weighted by Gasteiger charge is 2.27. The zero-order valence-corrected chi connectivity index (χ0v) is 14.1. The summed E-state index contributed by atoms with van der Waals surface area (Å²) in [6.45, 7) is 2.87. The number of ether oxygens (including phenoxy) is 1. The Balaban J connectivity index is 2.00. The van der Waals surface area contributed by atoms with Crippen molar-refractivity contribution in [2.75, 3.05) is 39.0 Å². The Morgan fingerprint density at radius 3 is 2.48 bits per heavy atom. The van der Waals surface area contributed by atoms with Crippen molar-refractivity contribution < 1.29 is 22.3 Å². The van der Waals surface area contributed by atoms with Crippen molar-refractivity contribution in [3.05, 3.63) is 29.6 Å². The minimum Gasteiger partial charge on any atom is -0.496 e. The summed E-state index contributed by atoms with van der Waals surface area (Å²) in [5.74, 6) is -0.0663. The van der Waals surface area contributed by atoms with Crippen molar-refractivity contribution in [1.29, 1.82) is 0 Å². The molecule has 1 aliphatic rings. The van der Waals surface area contributed by atoms with E-state index in [-0.39, 0.29) is 18.1 Å². The van der Waals surface area contributed by atoms with E-state index in [4.69, 9.17) is 4.74 Å². The molecule has 0 spiro atoms. The lowest BCUT2D eigenvalue weighted by Crippen LogP contribution is -2.51. The lowest BCUT2D eigenvalue weighted by Gasteiger charge is -2.34. The first-order valence-corrected chi connectivity index (χ1v) is 9.06. The average molecular weight is 344 g/mol. The van der Waals surface area contributed by atoms with Crippen LogP contribution in [0.4, 0.5) is 4.39 Å². The van der Waals surface area contributed by atoms with Gasteiger partial charge in [-0.1, -0.05) is 0 Å². The Bertz CT molecular complexity index is 670. The number of halogens is 1. The highest BCUT2D eigenvalue weighted by atomic mass is 32.2. The number of piperazine rings is 1. The van der Waals surface area contributed by atoms with E-state index in [1.54, 1.807) is 11.8 Å². The number of benzene rings is 1. The summed E-state index contributed by atoms with van der Waals surface area (Å²) in [6, 6.07) is 4.05. The fraction of sp³-hybridized carbons (Fsp3) is 0.533. The SMILES string of the molecule is CCS(=O)(=O)N1CCN(C(=O)Cc2cc(F)ccc2OC)CC1. The number of hydrogen-bond donors (Lipinski definition) is 0. The Morgan fingerprint density at radius 1 is 1.26 bits per heavy atom. The lowest BCUT2D eigenvalue weighted by molar-refractivity contribution is -0.131. The molecule has 0 N–H and O–H groups in total. The van der Waals surface area contributed by atoms with Gasteiger partial charge in [0.1, 0.15) is 11.6 Å². The van der Waals surface area contributed by atoms with E-state index < -0.39 is 15.8 Å². The van der Waals surface area contributed by atoms with Gasteiger partial charge in [0.15, 0.2) is 0 Å². The number of hydrogen-bond acceptors (Lipinski definition) is 4. The molecule has 8 heteroatoms. The summed E-state index contributed by atoms with van der Waals surface area (Å²) in [6.07, 6.45) is 0.0292. The summed E-state index contributed by atoms with van der Waals surface area (Å²) in [5, 5.41) is 0. The molecule has 1 fully saturated rings. The van der Waals surface area contributed by atoms with Gasteiger partial charge in [0.2, 0.25) is 15.9 Å². The van der Waals surface area contributed by atoms with Gasteiger partial charge < -0.3 is 9.64 Å². The van der Waals surface area contributed by atoms with Crippen molar-refractivity contribution in [2.24, 2.45) is 0 Å². The molecule has 1 heterocycles. The monoisotopic (exact) mass is 344 g/mol. The molecule has 1 aliphatic heterocycles. The second-order valence-electron chi connectivity index (χ2n) is 5.31. The van der Waals surface area contributed by atoms with Gasteiger partial charge in [-0.15, -0.1) is 0 Å². The van der Waals surface area contributed by atoms with Crippen LogP contribution in [0.1, 0.15) is 12.5 Å². The van der Waals surface area contributed by atoms with Crippen LogP contribution >= 0.6 is 0 Å². The third-order valence-corrected chi connectivity index (χ3v) is 5.82. The van der Waals surface area contributed by atoms with Gasteiger partial charge in [-0.05, 0) is 25.1 Å². The Hall–Kier alpha value is -1.67. The summed E-state index contributed by atoms with van der Waals surface area (Å²) >= 11 is 0. The van der Waals surface area contributed by atoms with Crippen molar-refractivity contribution in [3.8, 4) is 5.75 Å². The van der Waals surface area contributed by atoms with Gasteiger partial charge in [-0.25, -0.2) is 12.8 Å². The van der Waals surface area contributed by atoms with Crippen LogP contribution in [-0.2, 0) is 21.2 Å². The van der Waals surface area contributed by atoms with Gasteiger partial charge in [0.05, 0.1) is 19.3 Å². The molecular formula is C15H21FN2O4S. The first kappa shape index (κ1) is 17.7. The van der Waals surface area contributed by atoms with Crippen molar-refractivity contribution >= 4 is 15.9 Å². The third-order valence-electron chi connectivity index (χ3n) is 3.93. The predicted octanol–water partition coefficient (Wildman–Crippen LogP) is 0.871. The topological polar surface area (TPSA) is 66.9 Å². The molecule has 1 aromatic rings. The molecule has 0 bridgehead atoms. The van der Waals surface area contributed by atoms with Gasteiger partial charge in [0.25, 0.3) is 0 Å². The summed E-state index contributed by atoms with van der Waals surface area (Å²) in [4.78, 5) is 14.0. The summed E-state index contributed by atoms with van der Waals surface area (Å²) < 4.78 is 43.5. The summed E-state index contributed by atoms with van der Waals surface area (Å²) in [5.41, 5.74) is 0.487. The smallest absolute Gasteiger partial charge is 0.227 e. The van der Waals surface area contributed by atoms with Crippen LogP contribution in [0.15, 0.2) is 18.2 Å². The predicted molar refractivity (Wildman–Crippen MR) is 84.3 cm³/mol. The second kappa shape index (κ2) is 7.27. The quantitative estimate of drug-likeness (QED) is 0.795. The van der Waals surface area contributed by atoms with Gasteiger partial charge in [0, 0.05) is 31.7 Å². The molecule has 1 amide bonds. The molecular weight excluding hydrogens is 323 g/mol. The van der Waals surface area contributed by atoms with E-state index in [9.17, 15) is 17.6 Å². The Kier molecular flexibility index (Phi) is 5.59. The molecule has 0 aromatic heterocycles. The van der Waals surface area contributed by atoms with E-state index >= 15 is 0 Å². The maximum atomic E-state index is 13.3. The molecule has 1 aromatic carbocycles. The van der Waals surface area contributed by atoms with Gasteiger partial charge >= 0.3 is 0 Å². The molecule has 0 unspecified atom stereocenters. The standard InChI is InChI=1S/C15H21FN2O4S/c1-3-23(20,21)18-8-6-17(7-9-18)15(19)11-12-10-13(16)4-5-14(12)22-2/h4-5,10H,3,6-9,11H2,1-2H3. The first-order chi connectivity index (χ1) is 10.9. The minimum atomic E-state index is -3.22. The Labute approximate surface area is 135 Å². The van der Waals surface area contributed by atoms with Gasteiger partial charge in [-0.3, -0.25) is 4.79 Å². The van der Waals surface area contributed by atoms with Crippen molar-refractivity contribution in [2.45, 2.75) is 13.3 Å². The normalized spacial score (nSPS) is 16.4. The number of nitrogens with zero attached hydrogens (tertiary/aromatic N) is 2. The number of carbonyl (C=O) groups excluding carboxylic acids is 1. The van der Waals surface area contributed by atoms with E-state index in [1.165, 1.54) is 29.6 Å². The fourth-order valence-corrected chi connectivity index (χ4v) is 3.64. The van der Waals surface area contributed by atoms with Crippen LogP contribution in [-0.4, -0.2) is 62.6 Å². The number of sulfonamides is 1. The highest BCUT2D eigenvalue weighted by Crippen LogP contribution is 2.21. The molecule has 23 heavy (non-hydrogen) atoms. The van der Waals surface area contributed by atoms with Crippen LogP contribution in [0, 0.1) is 5.82 Å². The zero-order chi connectivity index (χ0) is 17.0. The molecule has 0 radical (unpaired) electrons. The highest BCUT2D eigenvalue weighted by molar-refractivity contribution is 7.89. The molecule has 0 aliphatic carbocycles. The zero-order valence-electron chi connectivity index (χ0n) is 13.3. The number of amides is 1. The van der Waals surface area contributed by atoms with Crippen molar-refractivity contribution in [3.63, 3.8) is 0 Å². The van der Waals surface area contributed by atoms with E-state index in [2.05, 4.69) is 0 Å². The second-order valence-corrected chi connectivity index (χ2v) is 7.57. The maximum Gasteiger partial charge on any atom is 0.227 e. The van der Waals surface area contributed by atoms with Crippen molar-refractivity contribution in [1.82, 2.24) is 9.21 Å². The lowest BCUT2D eigenvalue weighted by atomic mass is 10.1. The molecule has 0 saturated carbocycles.